The minimum atomic E-state index is -0.439. The zero-order valence-corrected chi connectivity index (χ0v) is 11.9. The van der Waals surface area contributed by atoms with Gasteiger partial charge in [0.25, 0.3) is 5.91 Å². The van der Waals surface area contributed by atoms with E-state index in [1.165, 1.54) is 11.3 Å². The van der Waals surface area contributed by atoms with Gasteiger partial charge in [0, 0.05) is 11.1 Å². The summed E-state index contributed by atoms with van der Waals surface area (Å²) in [7, 11) is 0. The van der Waals surface area contributed by atoms with Crippen molar-refractivity contribution < 1.29 is 4.79 Å². The van der Waals surface area contributed by atoms with E-state index >= 15 is 0 Å². The Balaban J connectivity index is 0.00000256. The summed E-state index contributed by atoms with van der Waals surface area (Å²) in [6.45, 7) is 1.60. The number of nitrogens with one attached hydrogen (secondary N) is 2. The van der Waals surface area contributed by atoms with E-state index in [2.05, 4.69) is 5.32 Å². The molecular formula is C9H10Cl3N3OS. The van der Waals surface area contributed by atoms with Crippen molar-refractivity contribution in [1.82, 2.24) is 5.32 Å². The van der Waals surface area contributed by atoms with Gasteiger partial charge in [0.05, 0.1) is 4.34 Å². The number of amides is 1. The molecule has 0 aliphatic heterocycles. The van der Waals surface area contributed by atoms with Crippen LogP contribution in [0.1, 0.15) is 12.5 Å². The summed E-state index contributed by atoms with van der Waals surface area (Å²) in [6.07, 6.45) is 1.59. The molecule has 0 bridgehead atoms. The maximum absolute atomic E-state index is 11.4. The summed E-state index contributed by atoms with van der Waals surface area (Å²) in [6, 6.07) is 1.67. The number of hydrogen-bond acceptors (Lipinski definition) is 3. The van der Waals surface area contributed by atoms with Gasteiger partial charge in [-0.3, -0.25) is 15.5 Å². The van der Waals surface area contributed by atoms with Crippen LogP contribution in [0.3, 0.4) is 0 Å². The van der Waals surface area contributed by atoms with E-state index in [4.69, 9.17) is 34.3 Å². The molecule has 0 saturated carbocycles. The first-order chi connectivity index (χ1) is 7.40. The van der Waals surface area contributed by atoms with E-state index in [1.54, 1.807) is 19.1 Å². The fourth-order valence-electron chi connectivity index (χ4n) is 0.971. The molecule has 17 heavy (non-hydrogen) atoms. The Labute approximate surface area is 119 Å². The zero-order chi connectivity index (χ0) is 12.3. The molecule has 94 valence electrons. The Bertz CT molecular complexity index is 470. The van der Waals surface area contributed by atoms with Gasteiger partial charge in [0.2, 0.25) is 0 Å². The van der Waals surface area contributed by atoms with Crippen LogP contribution >= 0.6 is 46.9 Å². The first-order valence-electron chi connectivity index (χ1n) is 4.18. The monoisotopic (exact) mass is 313 g/mol. The van der Waals surface area contributed by atoms with Gasteiger partial charge < -0.3 is 5.73 Å². The number of rotatable bonds is 2. The quantitative estimate of drug-likeness (QED) is 0.446. The van der Waals surface area contributed by atoms with Gasteiger partial charge in [-0.05, 0) is 19.1 Å². The molecule has 0 atom stereocenters. The number of halogens is 3. The maximum Gasteiger partial charge on any atom is 0.253 e. The third kappa shape index (κ3) is 4.95. The van der Waals surface area contributed by atoms with Crippen molar-refractivity contribution in [2.75, 3.05) is 0 Å². The highest BCUT2D eigenvalue weighted by Crippen LogP contribution is 2.32. The van der Waals surface area contributed by atoms with E-state index < -0.39 is 11.9 Å². The van der Waals surface area contributed by atoms with Gasteiger partial charge in [0.15, 0.2) is 5.96 Å². The van der Waals surface area contributed by atoms with Crippen LogP contribution in [0.4, 0.5) is 0 Å². The van der Waals surface area contributed by atoms with E-state index in [9.17, 15) is 4.79 Å². The number of guanidine groups is 1. The standard InChI is InChI=1S/C9H9Cl2N3OS.ClH/c1-4(8(15)14-9(12)13)2-5-3-6(10)16-7(5)11;/h2-3H,1H3,(H4,12,13,14,15);1H/b4-2+;. The summed E-state index contributed by atoms with van der Waals surface area (Å²) < 4.78 is 1.07. The molecule has 0 aromatic carbocycles. The second-order valence-electron chi connectivity index (χ2n) is 2.97. The van der Waals surface area contributed by atoms with Gasteiger partial charge in [-0.2, -0.15) is 0 Å². The molecule has 4 nitrogen and oxygen atoms in total. The highest BCUT2D eigenvalue weighted by molar-refractivity contribution is 7.20. The lowest BCUT2D eigenvalue weighted by molar-refractivity contribution is -0.116. The lowest BCUT2D eigenvalue weighted by atomic mass is 10.2. The number of hydrogen-bond donors (Lipinski definition) is 3. The maximum atomic E-state index is 11.4. The van der Waals surface area contributed by atoms with Crippen molar-refractivity contribution in [3.63, 3.8) is 0 Å². The molecule has 1 amide bonds. The van der Waals surface area contributed by atoms with Gasteiger partial charge >= 0.3 is 0 Å². The van der Waals surface area contributed by atoms with Gasteiger partial charge in [-0.25, -0.2) is 0 Å². The van der Waals surface area contributed by atoms with E-state index in [1.807, 2.05) is 0 Å². The summed E-state index contributed by atoms with van der Waals surface area (Å²) in [4.78, 5) is 11.4. The summed E-state index contributed by atoms with van der Waals surface area (Å²) >= 11 is 12.9. The van der Waals surface area contributed by atoms with Gasteiger partial charge in [-0.1, -0.05) is 23.2 Å². The van der Waals surface area contributed by atoms with Crippen LogP contribution in [0.2, 0.25) is 8.67 Å². The Kier molecular flexibility index (Phi) is 6.56. The topological polar surface area (TPSA) is 79.0 Å². The predicted molar refractivity (Wildman–Crippen MR) is 75.3 cm³/mol. The predicted octanol–water partition coefficient (Wildman–Crippen LogP) is 2.89. The molecule has 0 fully saturated rings. The van der Waals surface area contributed by atoms with Crippen molar-refractivity contribution in [2.24, 2.45) is 5.73 Å². The fraction of sp³-hybridized carbons (Fsp3) is 0.111. The van der Waals surface area contributed by atoms with E-state index in [-0.39, 0.29) is 12.4 Å². The molecule has 0 spiro atoms. The molecule has 0 unspecified atom stereocenters. The third-order valence-corrected chi connectivity index (χ3v) is 3.18. The highest BCUT2D eigenvalue weighted by Gasteiger charge is 2.08. The fourth-order valence-corrected chi connectivity index (χ4v) is 2.39. The number of carbonyl (C=O) groups is 1. The molecule has 8 heteroatoms. The van der Waals surface area contributed by atoms with Crippen molar-refractivity contribution >= 4 is 64.9 Å². The SMILES string of the molecule is C/C(=C\c1cc(Cl)sc1Cl)C(=O)NC(=N)N.Cl. The Morgan fingerprint density at radius 1 is 1.59 bits per heavy atom. The van der Waals surface area contributed by atoms with Crippen molar-refractivity contribution in [2.45, 2.75) is 6.92 Å². The Morgan fingerprint density at radius 2 is 2.18 bits per heavy atom. The van der Waals surface area contributed by atoms with Crippen LogP contribution in [0.5, 0.6) is 0 Å². The minimum absolute atomic E-state index is 0. The molecule has 0 saturated heterocycles. The molecule has 0 aliphatic carbocycles. The van der Waals surface area contributed by atoms with Gasteiger partial charge in [0.1, 0.15) is 4.34 Å². The van der Waals surface area contributed by atoms with Crippen molar-refractivity contribution in [3.05, 3.63) is 25.9 Å². The van der Waals surface area contributed by atoms with E-state index in [0.717, 1.165) is 0 Å². The Hall–Kier alpha value is -0.750. The molecular weight excluding hydrogens is 305 g/mol. The number of carbonyl (C=O) groups excluding carboxylic acids is 1. The Morgan fingerprint density at radius 3 is 2.59 bits per heavy atom. The van der Waals surface area contributed by atoms with Crippen LogP contribution in [0, 0.1) is 5.41 Å². The number of nitrogens with two attached hydrogens (primary N) is 1. The normalized spacial score (nSPS) is 10.6. The second-order valence-corrected chi connectivity index (χ2v) is 5.26. The molecule has 1 rings (SSSR count). The smallest absolute Gasteiger partial charge is 0.253 e. The summed E-state index contributed by atoms with van der Waals surface area (Å²) in [5.74, 6) is -0.835. The first-order valence-corrected chi connectivity index (χ1v) is 5.76. The van der Waals surface area contributed by atoms with Crippen LogP contribution in [0.25, 0.3) is 6.08 Å². The molecule has 1 aromatic heterocycles. The average molecular weight is 315 g/mol. The van der Waals surface area contributed by atoms with E-state index in [0.29, 0.717) is 19.8 Å². The molecule has 0 radical (unpaired) electrons. The highest BCUT2D eigenvalue weighted by atomic mass is 35.5. The van der Waals surface area contributed by atoms with Crippen LogP contribution in [-0.2, 0) is 4.79 Å². The lowest BCUT2D eigenvalue weighted by Gasteiger charge is -2.01. The molecule has 0 aliphatic rings. The summed E-state index contributed by atoms with van der Waals surface area (Å²) in [5, 5.41) is 9.09. The molecule has 4 N–H and O–H groups in total. The van der Waals surface area contributed by atoms with Crippen LogP contribution in [0.15, 0.2) is 11.6 Å². The summed E-state index contributed by atoms with van der Waals surface area (Å²) in [5.41, 5.74) is 6.11. The largest absolute Gasteiger partial charge is 0.370 e. The van der Waals surface area contributed by atoms with Crippen LogP contribution in [-0.4, -0.2) is 11.9 Å². The molecule has 1 aromatic rings. The van der Waals surface area contributed by atoms with Crippen molar-refractivity contribution in [3.8, 4) is 0 Å². The van der Waals surface area contributed by atoms with Crippen molar-refractivity contribution in [1.29, 1.82) is 5.41 Å². The first kappa shape index (κ1) is 16.2. The third-order valence-electron chi connectivity index (χ3n) is 1.66. The average Bonchev–Trinajstić information content (AvgIpc) is 2.43. The minimum Gasteiger partial charge on any atom is -0.370 e. The van der Waals surface area contributed by atoms with Crippen LogP contribution < -0.4 is 11.1 Å². The lowest BCUT2D eigenvalue weighted by Crippen LogP contribution is -2.36. The van der Waals surface area contributed by atoms with Gasteiger partial charge in [-0.15, -0.1) is 23.7 Å². The molecule has 1 heterocycles. The number of thiophene rings is 1. The second kappa shape index (κ2) is 6.86. The zero-order valence-electron chi connectivity index (χ0n) is 8.71.